The maximum Gasteiger partial charge on any atom is 0.408 e. The molecule has 160 valence electrons. The lowest BCUT2D eigenvalue weighted by Crippen LogP contribution is -2.44. The first-order valence-corrected chi connectivity index (χ1v) is 9.67. The van der Waals surface area contributed by atoms with Gasteiger partial charge in [0.05, 0.1) is 5.69 Å². The summed E-state index contributed by atoms with van der Waals surface area (Å²) < 4.78 is 5.17. The van der Waals surface area contributed by atoms with Crippen molar-refractivity contribution in [3.05, 3.63) is 72.4 Å². The highest BCUT2D eigenvalue weighted by molar-refractivity contribution is 5.97. The fourth-order valence-electron chi connectivity index (χ4n) is 2.84. The SMILES string of the molecule is NC(=O)CC[C@H](NC(=O)OCc1ccccc1)C(=O)Nc1ccc(-c2ccn[nH]2)cc1. The summed E-state index contributed by atoms with van der Waals surface area (Å²) in [6.45, 7) is 0.0614. The summed E-state index contributed by atoms with van der Waals surface area (Å²) in [6, 6.07) is 17.1. The van der Waals surface area contributed by atoms with Crippen LogP contribution in [-0.2, 0) is 20.9 Å². The predicted molar refractivity (Wildman–Crippen MR) is 115 cm³/mol. The highest BCUT2D eigenvalue weighted by Gasteiger charge is 2.22. The highest BCUT2D eigenvalue weighted by Crippen LogP contribution is 2.19. The molecule has 5 N–H and O–H groups in total. The maximum absolute atomic E-state index is 12.7. The number of ether oxygens (including phenoxy) is 1. The van der Waals surface area contributed by atoms with Crippen LogP contribution in [0.25, 0.3) is 11.3 Å². The summed E-state index contributed by atoms with van der Waals surface area (Å²) in [5.41, 5.74) is 8.30. The number of benzene rings is 2. The van der Waals surface area contributed by atoms with Crippen LogP contribution in [0.4, 0.5) is 10.5 Å². The van der Waals surface area contributed by atoms with E-state index in [1.54, 1.807) is 18.3 Å². The summed E-state index contributed by atoms with van der Waals surface area (Å²) in [7, 11) is 0. The maximum atomic E-state index is 12.7. The number of aromatic amines is 1. The van der Waals surface area contributed by atoms with Crippen molar-refractivity contribution in [2.45, 2.75) is 25.5 Å². The fourth-order valence-corrected chi connectivity index (χ4v) is 2.84. The van der Waals surface area contributed by atoms with E-state index < -0.39 is 23.9 Å². The van der Waals surface area contributed by atoms with E-state index in [1.165, 1.54) is 0 Å². The number of rotatable bonds is 9. The molecular weight excluding hydrogens is 398 g/mol. The lowest BCUT2D eigenvalue weighted by molar-refractivity contribution is -0.119. The average Bonchev–Trinajstić information content (AvgIpc) is 3.31. The molecule has 3 aromatic rings. The zero-order valence-electron chi connectivity index (χ0n) is 16.7. The Labute approximate surface area is 179 Å². The van der Waals surface area contributed by atoms with Crippen LogP contribution in [0.15, 0.2) is 66.9 Å². The molecule has 0 spiro atoms. The average molecular weight is 421 g/mol. The van der Waals surface area contributed by atoms with E-state index in [0.29, 0.717) is 5.69 Å². The van der Waals surface area contributed by atoms with Gasteiger partial charge in [-0.3, -0.25) is 14.7 Å². The molecule has 3 amide bonds. The number of amides is 3. The third kappa shape index (κ3) is 6.70. The van der Waals surface area contributed by atoms with Crippen molar-refractivity contribution in [1.29, 1.82) is 0 Å². The Balaban J connectivity index is 1.59. The van der Waals surface area contributed by atoms with E-state index >= 15 is 0 Å². The molecule has 0 radical (unpaired) electrons. The van der Waals surface area contributed by atoms with Crippen molar-refractivity contribution in [3.8, 4) is 11.3 Å². The van der Waals surface area contributed by atoms with Gasteiger partial charge < -0.3 is 21.1 Å². The molecule has 0 aliphatic heterocycles. The molecule has 0 saturated heterocycles. The number of hydrogen-bond acceptors (Lipinski definition) is 5. The van der Waals surface area contributed by atoms with E-state index in [9.17, 15) is 14.4 Å². The summed E-state index contributed by atoms with van der Waals surface area (Å²) in [6.07, 6.45) is 0.878. The van der Waals surface area contributed by atoms with Gasteiger partial charge in [-0.2, -0.15) is 5.10 Å². The predicted octanol–water partition coefficient (Wildman–Crippen LogP) is 2.58. The van der Waals surface area contributed by atoms with Crippen LogP contribution in [0.3, 0.4) is 0 Å². The topological polar surface area (TPSA) is 139 Å². The second kappa shape index (κ2) is 10.6. The fraction of sp³-hybridized carbons (Fsp3) is 0.182. The van der Waals surface area contributed by atoms with Crippen molar-refractivity contribution in [2.75, 3.05) is 5.32 Å². The molecule has 0 aliphatic carbocycles. The quantitative estimate of drug-likeness (QED) is 0.420. The number of alkyl carbamates (subject to hydrolysis) is 1. The largest absolute Gasteiger partial charge is 0.445 e. The van der Waals surface area contributed by atoms with Crippen LogP contribution < -0.4 is 16.4 Å². The number of carbonyl (C=O) groups is 3. The Morgan fingerprint density at radius 3 is 2.42 bits per heavy atom. The molecule has 9 nitrogen and oxygen atoms in total. The Morgan fingerprint density at radius 2 is 1.77 bits per heavy atom. The molecule has 0 bridgehead atoms. The van der Waals surface area contributed by atoms with Crippen LogP contribution in [0.5, 0.6) is 0 Å². The zero-order valence-corrected chi connectivity index (χ0v) is 16.7. The number of anilines is 1. The van der Waals surface area contributed by atoms with E-state index in [-0.39, 0.29) is 19.4 Å². The first-order valence-electron chi connectivity index (χ1n) is 9.67. The van der Waals surface area contributed by atoms with Crippen molar-refractivity contribution in [3.63, 3.8) is 0 Å². The normalized spacial score (nSPS) is 11.4. The molecule has 1 aromatic heterocycles. The van der Waals surface area contributed by atoms with Crippen LogP contribution in [0.1, 0.15) is 18.4 Å². The number of hydrogen-bond donors (Lipinski definition) is 4. The molecule has 1 heterocycles. The number of nitrogens with zero attached hydrogens (tertiary/aromatic N) is 1. The first-order chi connectivity index (χ1) is 15.0. The van der Waals surface area contributed by atoms with E-state index in [2.05, 4.69) is 20.8 Å². The second-order valence-corrected chi connectivity index (χ2v) is 6.80. The van der Waals surface area contributed by atoms with Gasteiger partial charge in [0, 0.05) is 18.3 Å². The highest BCUT2D eigenvalue weighted by atomic mass is 16.5. The minimum atomic E-state index is -0.983. The van der Waals surface area contributed by atoms with E-state index in [0.717, 1.165) is 16.8 Å². The number of primary amides is 1. The van der Waals surface area contributed by atoms with Crippen LogP contribution in [0, 0.1) is 0 Å². The summed E-state index contributed by atoms with van der Waals surface area (Å²) in [4.78, 5) is 36.0. The van der Waals surface area contributed by atoms with Gasteiger partial charge in [-0.15, -0.1) is 0 Å². The van der Waals surface area contributed by atoms with Gasteiger partial charge in [0.2, 0.25) is 11.8 Å². The smallest absolute Gasteiger partial charge is 0.408 e. The van der Waals surface area contributed by atoms with Gasteiger partial charge in [0.1, 0.15) is 12.6 Å². The molecular formula is C22H23N5O4. The Morgan fingerprint density at radius 1 is 1.03 bits per heavy atom. The number of nitrogens with one attached hydrogen (secondary N) is 3. The standard InChI is InChI=1S/C22H23N5O4/c23-20(28)11-10-19(26-22(30)31-14-15-4-2-1-3-5-15)21(29)25-17-8-6-16(7-9-17)18-12-13-24-27-18/h1-9,12-13,19H,10-11,14H2,(H2,23,28)(H,24,27)(H,25,29)(H,26,30)/t19-/m0/s1. The van der Waals surface area contributed by atoms with Crippen LogP contribution >= 0.6 is 0 Å². The summed E-state index contributed by atoms with van der Waals surface area (Å²) in [5.74, 6) is -1.05. The molecule has 2 aromatic carbocycles. The van der Waals surface area contributed by atoms with Crippen molar-refractivity contribution in [1.82, 2.24) is 15.5 Å². The molecule has 0 fully saturated rings. The van der Waals surface area contributed by atoms with Crippen molar-refractivity contribution in [2.24, 2.45) is 5.73 Å². The van der Waals surface area contributed by atoms with E-state index in [4.69, 9.17) is 10.5 Å². The molecule has 3 rings (SSSR count). The lowest BCUT2D eigenvalue weighted by atomic mass is 10.1. The Hall–Kier alpha value is -4.14. The van der Waals surface area contributed by atoms with Gasteiger partial charge in [0.15, 0.2) is 0 Å². The van der Waals surface area contributed by atoms with Gasteiger partial charge >= 0.3 is 6.09 Å². The summed E-state index contributed by atoms with van der Waals surface area (Å²) in [5, 5.41) is 12.0. The zero-order chi connectivity index (χ0) is 22.1. The Kier molecular flexibility index (Phi) is 7.36. The number of carbonyl (C=O) groups excluding carboxylic acids is 3. The Bertz CT molecular complexity index is 1000. The number of nitrogens with two attached hydrogens (primary N) is 1. The minimum Gasteiger partial charge on any atom is -0.445 e. The van der Waals surface area contributed by atoms with Crippen LogP contribution in [-0.4, -0.2) is 34.1 Å². The second-order valence-electron chi connectivity index (χ2n) is 6.80. The third-order valence-electron chi connectivity index (χ3n) is 4.46. The van der Waals surface area contributed by atoms with Gasteiger partial charge in [0.25, 0.3) is 0 Å². The third-order valence-corrected chi connectivity index (χ3v) is 4.46. The molecule has 31 heavy (non-hydrogen) atoms. The first kappa shape index (κ1) is 21.6. The molecule has 0 aliphatic rings. The molecule has 0 saturated carbocycles. The van der Waals surface area contributed by atoms with Gasteiger partial charge in [-0.25, -0.2) is 4.79 Å². The lowest BCUT2D eigenvalue weighted by Gasteiger charge is -2.18. The van der Waals surface area contributed by atoms with Crippen LogP contribution in [0.2, 0.25) is 0 Å². The number of aromatic nitrogens is 2. The number of H-pyrrole nitrogens is 1. The van der Waals surface area contributed by atoms with Gasteiger partial charge in [-0.1, -0.05) is 42.5 Å². The molecule has 9 heteroatoms. The summed E-state index contributed by atoms with van der Waals surface area (Å²) >= 11 is 0. The van der Waals surface area contributed by atoms with Crippen molar-refractivity contribution >= 4 is 23.6 Å². The minimum absolute atomic E-state index is 0.0494. The van der Waals surface area contributed by atoms with Gasteiger partial charge in [-0.05, 0) is 35.7 Å². The molecule has 1 atom stereocenters. The monoisotopic (exact) mass is 421 g/mol. The van der Waals surface area contributed by atoms with E-state index in [1.807, 2.05) is 48.5 Å². The van der Waals surface area contributed by atoms with Crippen molar-refractivity contribution < 1.29 is 19.1 Å². The molecule has 0 unspecified atom stereocenters.